The molecule has 2 unspecified atom stereocenters. The van der Waals surface area contributed by atoms with Gasteiger partial charge in [-0.3, -0.25) is 9.59 Å². The molecule has 1 aliphatic heterocycles. The molecule has 0 aromatic heterocycles. The summed E-state index contributed by atoms with van der Waals surface area (Å²) in [7, 11) is 0. The molecule has 2 amide bonds. The summed E-state index contributed by atoms with van der Waals surface area (Å²) in [6.07, 6.45) is 0.505. The van der Waals surface area contributed by atoms with Gasteiger partial charge in [0, 0.05) is 18.2 Å². The Morgan fingerprint density at radius 1 is 1.06 bits per heavy atom. The monoisotopic (exact) mass is 474 g/mol. The highest BCUT2D eigenvalue weighted by molar-refractivity contribution is 5.94. The Morgan fingerprint density at radius 3 is 2.51 bits per heavy atom. The lowest BCUT2D eigenvalue weighted by atomic mass is 9.87. The number of ether oxygens (including phenoxy) is 1. The van der Waals surface area contributed by atoms with E-state index >= 15 is 0 Å². The van der Waals surface area contributed by atoms with Gasteiger partial charge in [0.05, 0.1) is 6.04 Å². The highest BCUT2D eigenvalue weighted by Gasteiger charge is 2.34. The van der Waals surface area contributed by atoms with Crippen LogP contribution in [0.3, 0.4) is 0 Å². The number of para-hydroxylation sites is 1. The fourth-order valence-electron chi connectivity index (χ4n) is 4.50. The first-order valence-corrected chi connectivity index (χ1v) is 12.1. The molecule has 0 bridgehead atoms. The standard InChI is InChI=1S/C29H31FN2O3/c1-4-26(28(33)31-23-11-6-5-7-12-23)35-24-14-13-20-15-16-32(29(34)19(2)3)27(25(20)18-24)21-9-8-10-22(30)17-21/h5-14,17-19,26-27H,4,15-16H2,1-3H3,(H,31,33). The smallest absolute Gasteiger partial charge is 0.265 e. The molecule has 3 aromatic carbocycles. The van der Waals surface area contributed by atoms with E-state index in [4.69, 9.17) is 4.74 Å². The molecule has 35 heavy (non-hydrogen) atoms. The summed E-state index contributed by atoms with van der Waals surface area (Å²) >= 11 is 0. The van der Waals surface area contributed by atoms with E-state index in [0.29, 0.717) is 36.4 Å². The number of anilines is 1. The minimum Gasteiger partial charge on any atom is -0.481 e. The number of benzene rings is 3. The molecule has 1 N–H and O–H groups in total. The van der Waals surface area contributed by atoms with E-state index in [0.717, 1.165) is 11.1 Å². The number of nitrogens with one attached hydrogen (secondary N) is 1. The molecule has 6 heteroatoms. The van der Waals surface area contributed by atoms with Gasteiger partial charge in [0.1, 0.15) is 11.6 Å². The average molecular weight is 475 g/mol. The molecular formula is C29H31FN2O3. The van der Waals surface area contributed by atoms with Crippen molar-refractivity contribution in [3.63, 3.8) is 0 Å². The summed E-state index contributed by atoms with van der Waals surface area (Å²) in [5.74, 6) is -0.195. The second-order valence-electron chi connectivity index (χ2n) is 9.12. The first kappa shape index (κ1) is 24.5. The van der Waals surface area contributed by atoms with Crippen LogP contribution in [-0.4, -0.2) is 29.4 Å². The maximum Gasteiger partial charge on any atom is 0.265 e. The SMILES string of the molecule is CCC(Oc1ccc2c(c1)C(c1cccc(F)c1)N(C(=O)C(C)C)CC2)C(=O)Nc1ccccc1. The molecule has 0 radical (unpaired) electrons. The van der Waals surface area contributed by atoms with Crippen molar-refractivity contribution in [2.45, 2.75) is 45.8 Å². The van der Waals surface area contributed by atoms with Crippen LogP contribution in [-0.2, 0) is 16.0 Å². The Balaban J connectivity index is 1.65. The summed E-state index contributed by atoms with van der Waals surface area (Å²) < 4.78 is 20.3. The van der Waals surface area contributed by atoms with Gasteiger partial charge >= 0.3 is 0 Å². The van der Waals surface area contributed by atoms with Crippen molar-refractivity contribution in [2.75, 3.05) is 11.9 Å². The quantitative estimate of drug-likeness (QED) is 0.474. The van der Waals surface area contributed by atoms with Crippen molar-refractivity contribution in [2.24, 2.45) is 5.92 Å². The van der Waals surface area contributed by atoms with Gasteiger partial charge < -0.3 is 15.0 Å². The van der Waals surface area contributed by atoms with E-state index in [1.165, 1.54) is 12.1 Å². The van der Waals surface area contributed by atoms with Gasteiger partial charge in [-0.2, -0.15) is 0 Å². The van der Waals surface area contributed by atoms with E-state index in [1.807, 2.05) is 80.3 Å². The third kappa shape index (κ3) is 5.53. The number of carbonyl (C=O) groups excluding carboxylic acids is 2. The normalized spacial score (nSPS) is 15.9. The van der Waals surface area contributed by atoms with Crippen molar-refractivity contribution < 1.29 is 18.7 Å². The van der Waals surface area contributed by atoms with Crippen LogP contribution in [0.5, 0.6) is 5.75 Å². The summed E-state index contributed by atoms with van der Waals surface area (Å²) in [6, 6.07) is 21.0. The van der Waals surface area contributed by atoms with Crippen molar-refractivity contribution in [3.05, 3.63) is 95.3 Å². The summed E-state index contributed by atoms with van der Waals surface area (Å²) in [4.78, 5) is 27.8. The fourth-order valence-corrected chi connectivity index (χ4v) is 4.50. The summed E-state index contributed by atoms with van der Waals surface area (Å²) in [6.45, 7) is 6.20. The highest BCUT2D eigenvalue weighted by Crippen LogP contribution is 2.38. The Labute approximate surface area is 205 Å². The molecule has 0 saturated heterocycles. The zero-order chi connectivity index (χ0) is 24.9. The second kappa shape index (κ2) is 10.7. The van der Waals surface area contributed by atoms with Crippen LogP contribution in [0.4, 0.5) is 10.1 Å². The molecule has 4 rings (SSSR count). The van der Waals surface area contributed by atoms with Crippen LogP contribution in [0.15, 0.2) is 72.8 Å². The molecular weight excluding hydrogens is 443 g/mol. The van der Waals surface area contributed by atoms with Crippen LogP contribution in [0.1, 0.15) is 49.9 Å². The van der Waals surface area contributed by atoms with Gasteiger partial charge in [-0.25, -0.2) is 4.39 Å². The largest absolute Gasteiger partial charge is 0.481 e. The van der Waals surface area contributed by atoms with E-state index < -0.39 is 12.1 Å². The zero-order valence-corrected chi connectivity index (χ0v) is 20.3. The second-order valence-corrected chi connectivity index (χ2v) is 9.12. The van der Waals surface area contributed by atoms with Crippen LogP contribution < -0.4 is 10.1 Å². The number of rotatable bonds is 7. The Bertz CT molecular complexity index is 1200. The minimum absolute atomic E-state index is 0.0184. The molecule has 0 saturated carbocycles. The molecule has 1 heterocycles. The number of hydrogen-bond acceptors (Lipinski definition) is 3. The topological polar surface area (TPSA) is 58.6 Å². The van der Waals surface area contributed by atoms with E-state index in [1.54, 1.807) is 6.07 Å². The van der Waals surface area contributed by atoms with Crippen molar-refractivity contribution in [3.8, 4) is 5.75 Å². The summed E-state index contributed by atoms with van der Waals surface area (Å²) in [5.41, 5.74) is 3.40. The lowest BCUT2D eigenvalue weighted by Gasteiger charge is -2.39. The van der Waals surface area contributed by atoms with Gasteiger partial charge in [0.15, 0.2) is 6.10 Å². The maximum atomic E-state index is 14.2. The number of halogens is 1. The van der Waals surface area contributed by atoms with Crippen molar-refractivity contribution in [1.29, 1.82) is 0 Å². The van der Waals surface area contributed by atoms with Crippen molar-refractivity contribution >= 4 is 17.5 Å². The van der Waals surface area contributed by atoms with Gasteiger partial charge in [-0.15, -0.1) is 0 Å². The zero-order valence-electron chi connectivity index (χ0n) is 20.3. The number of fused-ring (bicyclic) bond motifs is 1. The van der Waals surface area contributed by atoms with E-state index in [-0.39, 0.29) is 23.5 Å². The molecule has 5 nitrogen and oxygen atoms in total. The van der Waals surface area contributed by atoms with Crippen LogP contribution in [0, 0.1) is 11.7 Å². The third-order valence-electron chi connectivity index (χ3n) is 6.27. The summed E-state index contributed by atoms with van der Waals surface area (Å²) in [5, 5.41) is 2.89. The molecule has 0 fully saturated rings. The molecule has 2 atom stereocenters. The minimum atomic E-state index is -0.683. The fraction of sp³-hybridized carbons (Fsp3) is 0.310. The third-order valence-corrected chi connectivity index (χ3v) is 6.27. The van der Waals surface area contributed by atoms with Gasteiger partial charge in [-0.1, -0.05) is 57.2 Å². The number of carbonyl (C=O) groups is 2. The van der Waals surface area contributed by atoms with Crippen molar-refractivity contribution in [1.82, 2.24) is 4.90 Å². The predicted molar refractivity (Wildman–Crippen MR) is 135 cm³/mol. The Hall–Kier alpha value is -3.67. The molecule has 0 aliphatic carbocycles. The van der Waals surface area contributed by atoms with Gasteiger partial charge in [0.2, 0.25) is 5.91 Å². The average Bonchev–Trinajstić information content (AvgIpc) is 2.86. The molecule has 0 spiro atoms. The van der Waals surface area contributed by atoms with Crippen LogP contribution >= 0.6 is 0 Å². The molecule has 182 valence electrons. The number of nitrogens with zero attached hydrogens (tertiary/aromatic N) is 1. The Kier molecular flexibility index (Phi) is 7.49. The van der Waals surface area contributed by atoms with Gasteiger partial charge in [-0.05, 0) is 65.9 Å². The van der Waals surface area contributed by atoms with Crippen LogP contribution in [0.25, 0.3) is 0 Å². The Morgan fingerprint density at radius 2 is 1.83 bits per heavy atom. The first-order chi connectivity index (χ1) is 16.9. The molecule has 3 aromatic rings. The lowest BCUT2D eigenvalue weighted by molar-refractivity contribution is -0.136. The van der Waals surface area contributed by atoms with Crippen LogP contribution in [0.2, 0.25) is 0 Å². The van der Waals surface area contributed by atoms with E-state index in [2.05, 4.69) is 5.32 Å². The highest BCUT2D eigenvalue weighted by atomic mass is 19.1. The first-order valence-electron chi connectivity index (χ1n) is 12.1. The number of amides is 2. The lowest BCUT2D eigenvalue weighted by Crippen LogP contribution is -2.42. The maximum absolute atomic E-state index is 14.2. The van der Waals surface area contributed by atoms with E-state index in [9.17, 15) is 14.0 Å². The molecule has 1 aliphatic rings. The predicted octanol–water partition coefficient (Wildman–Crippen LogP) is 5.75. The number of hydrogen-bond donors (Lipinski definition) is 1. The van der Waals surface area contributed by atoms with Gasteiger partial charge in [0.25, 0.3) is 5.91 Å².